The molecule has 0 atom stereocenters. The SMILES string of the molecule is COc1cc(C=CCC=O)cc([N+](=O)[O-])c1. The van der Waals surface area contributed by atoms with Crippen molar-refractivity contribution in [1.82, 2.24) is 0 Å². The number of benzene rings is 1. The Morgan fingerprint density at radius 1 is 1.44 bits per heavy atom. The molecule has 5 heteroatoms. The van der Waals surface area contributed by atoms with Gasteiger partial charge >= 0.3 is 0 Å². The van der Waals surface area contributed by atoms with Gasteiger partial charge in [-0.05, 0) is 11.6 Å². The first-order chi connectivity index (χ1) is 7.67. The fraction of sp³-hybridized carbons (Fsp3) is 0.182. The van der Waals surface area contributed by atoms with Crippen molar-refractivity contribution >= 4 is 18.0 Å². The molecule has 16 heavy (non-hydrogen) atoms. The highest BCUT2D eigenvalue weighted by Gasteiger charge is 2.08. The van der Waals surface area contributed by atoms with Gasteiger partial charge in [0.1, 0.15) is 12.0 Å². The molecule has 0 aliphatic carbocycles. The summed E-state index contributed by atoms with van der Waals surface area (Å²) in [5.41, 5.74) is 0.595. The van der Waals surface area contributed by atoms with Crippen LogP contribution in [0.4, 0.5) is 5.69 Å². The van der Waals surface area contributed by atoms with Crippen LogP contribution in [0.2, 0.25) is 0 Å². The molecule has 1 aromatic rings. The summed E-state index contributed by atoms with van der Waals surface area (Å²) in [6.45, 7) is 0. The third kappa shape index (κ3) is 3.20. The molecule has 0 aliphatic rings. The van der Waals surface area contributed by atoms with E-state index >= 15 is 0 Å². The Labute approximate surface area is 92.5 Å². The lowest BCUT2D eigenvalue weighted by molar-refractivity contribution is -0.384. The van der Waals surface area contributed by atoms with Gasteiger partial charge < -0.3 is 9.53 Å². The maximum absolute atomic E-state index is 10.6. The molecule has 0 radical (unpaired) electrons. The van der Waals surface area contributed by atoms with E-state index in [2.05, 4.69) is 0 Å². The molecule has 0 aromatic heterocycles. The van der Waals surface area contributed by atoms with E-state index < -0.39 is 4.92 Å². The molecule has 0 fully saturated rings. The van der Waals surface area contributed by atoms with Crippen LogP contribution >= 0.6 is 0 Å². The van der Waals surface area contributed by atoms with Crippen molar-refractivity contribution in [2.75, 3.05) is 7.11 Å². The number of nitrogens with zero attached hydrogens (tertiary/aromatic N) is 1. The smallest absolute Gasteiger partial charge is 0.273 e. The highest BCUT2D eigenvalue weighted by atomic mass is 16.6. The van der Waals surface area contributed by atoms with Crippen LogP contribution in [-0.2, 0) is 4.79 Å². The molecule has 5 nitrogen and oxygen atoms in total. The van der Waals surface area contributed by atoms with Crippen molar-refractivity contribution in [3.63, 3.8) is 0 Å². The zero-order valence-electron chi connectivity index (χ0n) is 8.75. The number of hydrogen-bond acceptors (Lipinski definition) is 4. The van der Waals surface area contributed by atoms with Gasteiger partial charge in [-0.3, -0.25) is 10.1 Å². The second-order valence-corrected chi connectivity index (χ2v) is 3.03. The summed E-state index contributed by atoms with van der Waals surface area (Å²) in [6.07, 6.45) is 4.31. The Morgan fingerprint density at radius 3 is 2.75 bits per heavy atom. The van der Waals surface area contributed by atoms with Gasteiger partial charge in [0.05, 0.1) is 18.1 Å². The van der Waals surface area contributed by atoms with Gasteiger partial charge in [-0.2, -0.15) is 0 Å². The Hall–Kier alpha value is -2.17. The molecule has 0 saturated heterocycles. The van der Waals surface area contributed by atoms with Gasteiger partial charge in [-0.15, -0.1) is 0 Å². The number of allylic oxidation sites excluding steroid dienone is 1. The van der Waals surface area contributed by atoms with E-state index in [-0.39, 0.29) is 12.1 Å². The first-order valence-electron chi connectivity index (χ1n) is 4.61. The highest BCUT2D eigenvalue weighted by molar-refractivity contribution is 5.61. The van der Waals surface area contributed by atoms with E-state index in [9.17, 15) is 14.9 Å². The van der Waals surface area contributed by atoms with Gasteiger partial charge in [0.2, 0.25) is 0 Å². The Balaban J connectivity index is 3.03. The van der Waals surface area contributed by atoms with Gasteiger partial charge in [-0.25, -0.2) is 0 Å². The van der Waals surface area contributed by atoms with Crippen LogP contribution in [0.25, 0.3) is 6.08 Å². The number of rotatable bonds is 5. The van der Waals surface area contributed by atoms with Gasteiger partial charge in [0, 0.05) is 12.5 Å². The minimum atomic E-state index is -0.487. The zero-order chi connectivity index (χ0) is 12.0. The molecular formula is C11H11NO4. The maximum Gasteiger partial charge on any atom is 0.273 e. The number of methoxy groups -OCH3 is 1. The molecule has 0 heterocycles. The molecular weight excluding hydrogens is 210 g/mol. The normalized spacial score (nSPS) is 10.3. The summed E-state index contributed by atoms with van der Waals surface area (Å²) in [5.74, 6) is 0.417. The summed E-state index contributed by atoms with van der Waals surface area (Å²) in [4.78, 5) is 20.2. The lowest BCUT2D eigenvalue weighted by Gasteiger charge is -2.01. The van der Waals surface area contributed by atoms with E-state index in [4.69, 9.17) is 4.74 Å². The molecule has 0 amide bonds. The monoisotopic (exact) mass is 221 g/mol. The van der Waals surface area contributed by atoms with Crippen molar-refractivity contribution in [3.05, 3.63) is 40.0 Å². The minimum Gasteiger partial charge on any atom is -0.496 e. The number of nitro groups is 1. The number of carbonyl (C=O) groups is 1. The zero-order valence-corrected chi connectivity index (χ0v) is 8.75. The van der Waals surface area contributed by atoms with Crippen LogP contribution in [-0.4, -0.2) is 18.3 Å². The van der Waals surface area contributed by atoms with Crippen LogP contribution in [0.1, 0.15) is 12.0 Å². The highest BCUT2D eigenvalue weighted by Crippen LogP contribution is 2.23. The summed E-state index contributed by atoms with van der Waals surface area (Å²) in [6, 6.07) is 4.43. The molecule has 0 N–H and O–H groups in total. The third-order valence-corrected chi connectivity index (χ3v) is 1.90. The van der Waals surface area contributed by atoms with Crippen LogP contribution < -0.4 is 4.74 Å². The van der Waals surface area contributed by atoms with Crippen molar-refractivity contribution in [2.24, 2.45) is 0 Å². The van der Waals surface area contributed by atoms with Gasteiger partial charge in [0.25, 0.3) is 5.69 Å². The van der Waals surface area contributed by atoms with Gasteiger partial charge in [0.15, 0.2) is 0 Å². The molecule has 84 valence electrons. The van der Waals surface area contributed by atoms with E-state index in [0.717, 1.165) is 6.29 Å². The lowest BCUT2D eigenvalue weighted by Crippen LogP contribution is -1.91. The molecule has 0 bridgehead atoms. The maximum atomic E-state index is 10.6. The second kappa shape index (κ2) is 5.65. The summed E-state index contributed by atoms with van der Waals surface area (Å²) in [5, 5.41) is 10.6. The van der Waals surface area contributed by atoms with Crippen LogP contribution in [0.3, 0.4) is 0 Å². The molecule has 1 rings (SSSR count). The van der Waals surface area contributed by atoms with Gasteiger partial charge in [-0.1, -0.05) is 12.2 Å². The Morgan fingerprint density at radius 2 is 2.19 bits per heavy atom. The van der Waals surface area contributed by atoms with Crippen LogP contribution in [0, 0.1) is 10.1 Å². The number of aldehydes is 1. The van der Waals surface area contributed by atoms with Crippen molar-refractivity contribution in [3.8, 4) is 5.75 Å². The van der Waals surface area contributed by atoms with Crippen molar-refractivity contribution in [2.45, 2.75) is 6.42 Å². The predicted octanol–water partition coefficient (Wildman–Crippen LogP) is 2.21. The van der Waals surface area contributed by atoms with Crippen LogP contribution in [0.15, 0.2) is 24.3 Å². The van der Waals surface area contributed by atoms with Crippen LogP contribution in [0.5, 0.6) is 5.75 Å². The average Bonchev–Trinajstić information content (AvgIpc) is 2.29. The van der Waals surface area contributed by atoms with E-state index in [1.165, 1.54) is 19.2 Å². The third-order valence-electron chi connectivity index (χ3n) is 1.90. The van der Waals surface area contributed by atoms with E-state index in [1.54, 1.807) is 18.2 Å². The molecule has 1 aromatic carbocycles. The number of carbonyl (C=O) groups excluding carboxylic acids is 1. The standard InChI is InChI=1S/C11H11NO4/c1-16-11-7-9(4-2-3-5-13)6-10(8-11)12(14)15/h2,4-8H,3H2,1H3. The Kier molecular flexibility index (Phi) is 4.20. The molecule has 0 saturated carbocycles. The molecule has 0 unspecified atom stereocenters. The van der Waals surface area contributed by atoms with E-state index in [0.29, 0.717) is 11.3 Å². The number of non-ortho nitro benzene ring substituents is 1. The van der Waals surface area contributed by atoms with Crippen molar-refractivity contribution < 1.29 is 14.5 Å². The first-order valence-corrected chi connectivity index (χ1v) is 4.61. The summed E-state index contributed by atoms with van der Waals surface area (Å²) < 4.78 is 4.94. The lowest BCUT2D eigenvalue weighted by atomic mass is 10.1. The number of ether oxygens (including phenoxy) is 1. The van der Waals surface area contributed by atoms with E-state index in [1.807, 2.05) is 0 Å². The van der Waals surface area contributed by atoms with Crippen molar-refractivity contribution in [1.29, 1.82) is 0 Å². The molecule has 0 spiro atoms. The average molecular weight is 221 g/mol. The Bertz CT molecular complexity index is 426. The number of nitro benzene ring substituents is 1. The number of hydrogen-bond donors (Lipinski definition) is 0. The largest absolute Gasteiger partial charge is 0.496 e. The molecule has 0 aliphatic heterocycles. The second-order valence-electron chi connectivity index (χ2n) is 3.03. The topological polar surface area (TPSA) is 69.4 Å². The fourth-order valence-corrected chi connectivity index (χ4v) is 1.18. The predicted molar refractivity (Wildman–Crippen MR) is 59.4 cm³/mol. The summed E-state index contributed by atoms with van der Waals surface area (Å²) in [7, 11) is 1.44. The minimum absolute atomic E-state index is 0.0369. The summed E-state index contributed by atoms with van der Waals surface area (Å²) >= 11 is 0. The quantitative estimate of drug-likeness (QED) is 0.434. The fourth-order valence-electron chi connectivity index (χ4n) is 1.18. The first kappa shape index (κ1) is 11.9.